The predicted molar refractivity (Wildman–Crippen MR) is 102 cm³/mol. The van der Waals surface area contributed by atoms with Crippen LogP contribution in [0.1, 0.15) is 38.2 Å². The first-order valence-corrected chi connectivity index (χ1v) is 8.65. The Balaban J connectivity index is 1.98. The highest BCUT2D eigenvalue weighted by atomic mass is 16.6. The third-order valence-corrected chi connectivity index (χ3v) is 3.55. The normalized spacial score (nSPS) is 12.0. The van der Waals surface area contributed by atoms with Crippen LogP contribution in [0.5, 0.6) is 0 Å². The lowest BCUT2D eigenvalue weighted by atomic mass is 10.1. The maximum absolute atomic E-state index is 12.2. The van der Waals surface area contributed by atoms with Gasteiger partial charge >= 0.3 is 12.0 Å². The van der Waals surface area contributed by atoms with E-state index in [0.717, 1.165) is 0 Å². The molecule has 0 bridgehead atoms. The maximum Gasteiger partial charge on any atom is 0.375 e. The monoisotopic (exact) mass is 403 g/mol. The second kappa shape index (κ2) is 8.55. The van der Waals surface area contributed by atoms with Gasteiger partial charge in [0.15, 0.2) is 6.10 Å². The van der Waals surface area contributed by atoms with Crippen LogP contribution in [0, 0.1) is 10.1 Å². The van der Waals surface area contributed by atoms with E-state index in [1.807, 2.05) is 0 Å². The predicted octanol–water partition coefficient (Wildman–Crippen LogP) is 3.02. The van der Waals surface area contributed by atoms with Crippen molar-refractivity contribution in [3.05, 3.63) is 52.3 Å². The number of benzene rings is 1. The van der Waals surface area contributed by atoms with Crippen molar-refractivity contribution >= 4 is 23.6 Å². The van der Waals surface area contributed by atoms with Gasteiger partial charge in [-0.05, 0) is 52.0 Å². The average molecular weight is 403 g/mol. The van der Waals surface area contributed by atoms with Crippen LogP contribution in [0.2, 0.25) is 0 Å². The highest BCUT2D eigenvalue weighted by Gasteiger charge is 2.24. The number of ether oxygens (including phenoxy) is 1. The Bertz CT molecular complexity index is 926. The summed E-state index contributed by atoms with van der Waals surface area (Å²) in [6, 6.07) is 7.74. The summed E-state index contributed by atoms with van der Waals surface area (Å²) in [5.74, 6) is -1.54. The lowest BCUT2D eigenvalue weighted by molar-refractivity contribution is -0.384. The molecule has 0 saturated carbocycles. The van der Waals surface area contributed by atoms with E-state index < -0.39 is 34.5 Å². The average Bonchev–Trinajstić information content (AvgIpc) is 3.10. The molecule has 0 spiro atoms. The fourth-order valence-corrected chi connectivity index (χ4v) is 2.21. The fraction of sp³-hybridized carbons (Fsp3) is 0.316. The number of nitrogens with one attached hydrogen (secondary N) is 2. The minimum atomic E-state index is -1.24. The fourth-order valence-electron chi connectivity index (χ4n) is 2.21. The van der Waals surface area contributed by atoms with Gasteiger partial charge in [0.2, 0.25) is 5.76 Å². The van der Waals surface area contributed by atoms with E-state index in [4.69, 9.17) is 9.15 Å². The van der Waals surface area contributed by atoms with Crippen molar-refractivity contribution in [3.8, 4) is 11.3 Å². The molecule has 0 radical (unpaired) electrons. The molecule has 0 fully saturated rings. The highest BCUT2D eigenvalue weighted by Crippen LogP contribution is 2.25. The van der Waals surface area contributed by atoms with Gasteiger partial charge in [-0.2, -0.15) is 0 Å². The Labute approximate surface area is 166 Å². The zero-order valence-corrected chi connectivity index (χ0v) is 16.3. The number of hydrogen-bond acceptors (Lipinski definition) is 7. The molecular formula is C19H21N3O7. The van der Waals surface area contributed by atoms with E-state index in [9.17, 15) is 24.5 Å². The zero-order valence-electron chi connectivity index (χ0n) is 16.3. The standard InChI is InChI=1S/C19H21N3O7/c1-11(16(23)20-18(25)21-19(2,3)4)28-17(24)15-10-9-14(29-15)12-5-7-13(8-6-12)22(26)27/h5-11H,1-4H3,(H2,20,21,23,25)/t11-/m0/s1. The Morgan fingerprint density at radius 2 is 1.72 bits per heavy atom. The summed E-state index contributed by atoms with van der Waals surface area (Å²) in [5, 5.41) is 15.3. The largest absolute Gasteiger partial charge is 0.449 e. The molecule has 1 aromatic carbocycles. The molecule has 0 unspecified atom stereocenters. The molecule has 29 heavy (non-hydrogen) atoms. The summed E-state index contributed by atoms with van der Waals surface area (Å²) in [4.78, 5) is 46.0. The van der Waals surface area contributed by atoms with Crippen molar-refractivity contribution in [2.24, 2.45) is 0 Å². The molecule has 10 heteroatoms. The zero-order chi connectivity index (χ0) is 21.8. The van der Waals surface area contributed by atoms with Gasteiger partial charge in [-0.3, -0.25) is 20.2 Å². The Morgan fingerprint density at radius 1 is 1.10 bits per heavy atom. The number of urea groups is 1. The molecule has 0 aliphatic carbocycles. The molecule has 2 aromatic rings. The van der Waals surface area contributed by atoms with Crippen LogP contribution in [-0.2, 0) is 9.53 Å². The molecule has 1 heterocycles. The van der Waals surface area contributed by atoms with Crippen LogP contribution in [0.25, 0.3) is 11.3 Å². The number of nitro benzene ring substituents is 1. The number of furan rings is 1. The third kappa shape index (κ3) is 6.16. The van der Waals surface area contributed by atoms with Gasteiger partial charge in [0.05, 0.1) is 4.92 Å². The van der Waals surface area contributed by atoms with Gasteiger partial charge < -0.3 is 14.5 Å². The molecular weight excluding hydrogens is 382 g/mol. The molecule has 0 saturated heterocycles. The molecule has 154 valence electrons. The van der Waals surface area contributed by atoms with E-state index in [2.05, 4.69) is 10.6 Å². The number of carbonyl (C=O) groups is 3. The number of imide groups is 1. The number of rotatable bonds is 5. The lowest BCUT2D eigenvalue weighted by Gasteiger charge is -2.21. The van der Waals surface area contributed by atoms with Crippen LogP contribution in [0.15, 0.2) is 40.8 Å². The second-order valence-electron chi connectivity index (χ2n) is 7.21. The molecule has 2 N–H and O–H groups in total. The van der Waals surface area contributed by atoms with Gasteiger partial charge in [-0.15, -0.1) is 0 Å². The SMILES string of the molecule is C[C@H](OC(=O)c1ccc(-c2ccc([N+](=O)[O-])cc2)o1)C(=O)NC(=O)NC(C)(C)C. The summed E-state index contributed by atoms with van der Waals surface area (Å²) in [5.41, 5.74) is -0.0817. The number of amides is 3. The third-order valence-electron chi connectivity index (χ3n) is 3.55. The van der Waals surface area contributed by atoms with Gasteiger partial charge in [-0.1, -0.05) is 0 Å². The molecule has 1 aromatic heterocycles. The maximum atomic E-state index is 12.2. The molecule has 2 rings (SSSR count). The summed E-state index contributed by atoms with van der Waals surface area (Å²) >= 11 is 0. The van der Waals surface area contributed by atoms with E-state index in [1.165, 1.54) is 43.3 Å². The summed E-state index contributed by atoms with van der Waals surface area (Å²) in [6.45, 7) is 6.57. The van der Waals surface area contributed by atoms with Crippen LogP contribution < -0.4 is 10.6 Å². The smallest absolute Gasteiger partial charge is 0.375 e. The van der Waals surface area contributed by atoms with Crippen LogP contribution in [0.3, 0.4) is 0 Å². The first kappa shape index (κ1) is 21.6. The number of non-ortho nitro benzene ring substituents is 1. The Kier molecular flexibility index (Phi) is 6.37. The second-order valence-corrected chi connectivity index (χ2v) is 7.21. The highest BCUT2D eigenvalue weighted by molar-refractivity contribution is 5.98. The van der Waals surface area contributed by atoms with Crippen LogP contribution in [-0.4, -0.2) is 34.5 Å². The number of nitro groups is 1. The van der Waals surface area contributed by atoms with Crippen molar-refractivity contribution in [3.63, 3.8) is 0 Å². The molecule has 1 atom stereocenters. The number of nitrogens with zero attached hydrogens (tertiary/aromatic N) is 1. The topological polar surface area (TPSA) is 141 Å². The van der Waals surface area contributed by atoms with E-state index in [-0.39, 0.29) is 11.4 Å². The van der Waals surface area contributed by atoms with Gasteiger partial charge in [0.25, 0.3) is 11.6 Å². The lowest BCUT2D eigenvalue weighted by Crippen LogP contribution is -2.50. The number of carbonyl (C=O) groups excluding carboxylic acids is 3. The van der Waals surface area contributed by atoms with Crippen LogP contribution >= 0.6 is 0 Å². The van der Waals surface area contributed by atoms with Crippen molar-refractivity contribution in [1.29, 1.82) is 0 Å². The minimum absolute atomic E-state index is 0.0738. The van der Waals surface area contributed by atoms with Gasteiger partial charge in [-0.25, -0.2) is 9.59 Å². The van der Waals surface area contributed by atoms with E-state index in [0.29, 0.717) is 11.3 Å². The molecule has 3 amide bonds. The van der Waals surface area contributed by atoms with Crippen molar-refractivity contribution in [2.45, 2.75) is 39.3 Å². The number of esters is 1. The molecule has 0 aliphatic rings. The van der Waals surface area contributed by atoms with E-state index >= 15 is 0 Å². The van der Waals surface area contributed by atoms with Crippen molar-refractivity contribution in [1.82, 2.24) is 10.6 Å². The van der Waals surface area contributed by atoms with Gasteiger partial charge in [0.1, 0.15) is 5.76 Å². The summed E-state index contributed by atoms with van der Waals surface area (Å²) in [7, 11) is 0. The minimum Gasteiger partial charge on any atom is -0.449 e. The van der Waals surface area contributed by atoms with Gasteiger partial charge in [0, 0.05) is 23.2 Å². The summed E-state index contributed by atoms with van der Waals surface area (Å²) in [6.07, 6.45) is -1.24. The summed E-state index contributed by atoms with van der Waals surface area (Å²) < 4.78 is 10.4. The Hall–Kier alpha value is -3.69. The number of hydrogen-bond donors (Lipinski definition) is 2. The van der Waals surface area contributed by atoms with Crippen LogP contribution in [0.4, 0.5) is 10.5 Å². The van der Waals surface area contributed by atoms with E-state index in [1.54, 1.807) is 20.8 Å². The first-order valence-electron chi connectivity index (χ1n) is 8.65. The quantitative estimate of drug-likeness (QED) is 0.444. The van der Waals surface area contributed by atoms with Crippen molar-refractivity contribution < 1.29 is 28.5 Å². The van der Waals surface area contributed by atoms with Crippen molar-refractivity contribution in [2.75, 3.05) is 0 Å². The molecule has 0 aliphatic heterocycles. The molecule has 10 nitrogen and oxygen atoms in total. The Morgan fingerprint density at radius 3 is 2.28 bits per heavy atom. The first-order chi connectivity index (χ1) is 13.5.